The molecule has 0 aliphatic carbocycles. The molecule has 228 valence electrons. The standard InChI is InChI=1S/C40H46N2O2/c1-3-5-7-9-11-17-23-41-35-22-16-15-21-31(35)39(43)33-27-38-34(28-37(33)41)40(44)32-25-29-19-13-14-20-30(29)26-36(32)42(38)24-18-12-10-8-6-4-2/h13-16,19-22,25-28H,3-12,17-18,23-24H2,1-2H3. The summed E-state index contributed by atoms with van der Waals surface area (Å²) in [6.07, 6.45) is 14.5. The third-order valence-corrected chi connectivity index (χ3v) is 9.49. The third-order valence-electron chi connectivity index (χ3n) is 9.49. The van der Waals surface area contributed by atoms with Gasteiger partial charge in [-0.15, -0.1) is 0 Å². The number of unbranched alkanes of at least 4 members (excludes halogenated alkanes) is 10. The molecule has 4 heteroatoms. The smallest absolute Gasteiger partial charge is 0.197 e. The molecule has 0 saturated carbocycles. The lowest BCUT2D eigenvalue weighted by atomic mass is 10.0. The summed E-state index contributed by atoms with van der Waals surface area (Å²) in [6.45, 7) is 6.15. The van der Waals surface area contributed by atoms with Gasteiger partial charge >= 0.3 is 0 Å². The van der Waals surface area contributed by atoms with E-state index in [9.17, 15) is 9.59 Å². The average Bonchev–Trinajstić information content (AvgIpc) is 3.05. The molecule has 6 aromatic rings. The zero-order valence-electron chi connectivity index (χ0n) is 26.5. The van der Waals surface area contributed by atoms with Crippen molar-refractivity contribution in [2.75, 3.05) is 0 Å². The first-order valence-corrected chi connectivity index (χ1v) is 17.1. The zero-order valence-corrected chi connectivity index (χ0v) is 26.5. The Bertz CT molecular complexity index is 2050. The second-order valence-electron chi connectivity index (χ2n) is 12.6. The fourth-order valence-electron chi connectivity index (χ4n) is 7.05. The first-order chi connectivity index (χ1) is 21.6. The monoisotopic (exact) mass is 586 g/mol. The highest BCUT2D eigenvalue weighted by molar-refractivity contribution is 6.06. The molecule has 0 atom stereocenters. The molecule has 0 aliphatic rings. The molecule has 2 heterocycles. The summed E-state index contributed by atoms with van der Waals surface area (Å²) < 4.78 is 4.62. The van der Waals surface area contributed by atoms with Crippen LogP contribution in [0, 0.1) is 0 Å². The minimum absolute atomic E-state index is 0.0496. The van der Waals surface area contributed by atoms with Crippen molar-refractivity contribution in [1.29, 1.82) is 0 Å². The third kappa shape index (κ3) is 5.92. The van der Waals surface area contributed by atoms with Crippen LogP contribution in [0.15, 0.2) is 82.4 Å². The maximum atomic E-state index is 14.3. The molecule has 0 N–H and O–H groups in total. The molecule has 4 aromatic carbocycles. The summed E-state index contributed by atoms with van der Waals surface area (Å²) in [7, 11) is 0. The summed E-state index contributed by atoms with van der Waals surface area (Å²) in [6, 6.07) is 24.6. The fraction of sp³-hybridized carbons (Fsp3) is 0.400. The van der Waals surface area contributed by atoms with E-state index in [1.165, 1.54) is 51.4 Å². The predicted molar refractivity (Wildman–Crippen MR) is 189 cm³/mol. The van der Waals surface area contributed by atoms with Crippen LogP contribution in [0.25, 0.3) is 54.4 Å². The van der Waals surface area contributed by atoms with E-state index in [-0.39, 0.29) is 10.9 Å². The van der Waals surface area contributed by atoms with E-state index >= 15 is 0 Å². The number of para-hydroxylation sites is 1. The molecule has 44 heavy (non-hydrogen) atoms. The summed E-state index contributed by atoms with van der Waals surface area (Å²) in [5, 5.41) is 5.13. The van der Waals surface area contributed by atoms with Crippen molar-refractivity contribution in [3.05, 3.63) is 93.2 Å². The number of hydrogen-bond acceptors (Lipinski definition) is 2. The van der Waals surface area contributed by atoms with Crippen LogP contribution in [-0.2, 0) is 13.1 Å². The second kappa shape index (κ2) is 13.8. The number of aryl methyl sites for hydroxylation is 2. The Morgan fingerprint density at radius 2 is 0.864 bits per heavy atom. The highest BCUT2D eigenvalue weighted by Gasteiger charge is 2.17. The Kier molecular flexibility index (Phi) is 9.45. The van der Waals surface area contributed by atoms with Gasteiger partial charge in [0.1, 0.15) is 0 Å². The number of rotatable bonds is 14. The number of aromatic nitrogens is 2. The van der Waals surface area contributed by atoms with Gasteiger partial charge in [0.25, 0.3) is 0 Å². The number of hydrogen-bond donors (Lipinski definition) is 0. The van der Waals surface area contributed by atoms with E-state index in [1.807, 2.05) is 36.4 Å². The molecule has 0 bridgehead atoms. The van der Waals surface area contributed by atoms with E-state index in [4.69, 9.17) is 0 Å². The first kappa shape index (κ1) is 30.1. The quantitative estimate of drug-likeness (QED) is 0.0941. The van der Waals surface area contributed by atoms with Gasteiger partial charge in [0, 0.05) is 34.6 Å². The van der Waals surface area contributed by atoms with Crippen molar-refractivity contribution in [3.63, 3.8) is 0 Å². The summed E-state index contributed by atoms with van der Waals surface area (Å²) in [5.74, 6) is 0. The van der Waals surface area contributed by atoms with Crippen molar-refractivity contribution >= 4 is 54.4 Å². The Morgan fingerprint density at radius 3 is 1.48 bits per heavy atom. The number of nitrogens with zero attached hydrogens (tertiary/aromatic N) is 2. The van der Waals surface area contributed by atoms with E-state index in [0.717, 1.165) is 82.4 Å². The zero-order chi connectivity index (χ0) is 30.5. The highest BCUT2D eigenvalue weighted by Crippen LogP contribution is 2.29. The predicted octanol–water partition coefficient (Wildman–Crippen LogP) is 10.5. The van der Waals surface area contributed by atoms with Gasteiger partial charge in [-0.3, -0.25) is 9.59 Å². The van der Waals surface area contributed by atoms with E-state index < -0.39 is 0 Å². The second-order valence-corrected chi connectivity index (χ2v) is 12.6. The Morgan fingerprint density at radius 1 is 0.432 bits per heavy atom. The topological polar surface area (TPSA) is 44.0 Å². The van der Waals surface area contributed by atoms with E-state index in [0.29, 0.717) is 10.8 Å². The molecular formula is C40H46N2O2. The van der Waals surface area contributed by atoms with Crippen LogP contribution in [0.5, 0.6) is 0 Å². The van der Waals surface area contributed by atoms with Gasteiger partial charge in [-0.1, -0.05) is 114 Å². The van der Waals surface area contributed by atoms with E-state index in [2.05, 4.69) is 59.4 Å². The van der Waals surface area contributed by atoms with Crippen molar-refractivity contribution in [2.24, 2.45) is 0 Å². The number of fused-ring (bicyclic) bond motifs is 5. The Labute approximate surface area is 260 Å². The lowest BCUT2D eigenvalue weighted by Gasteiger charge is -2.19. The van der Waals surface area contributed by atoms with Crippen LogP contribution in [0.4, 0.5) is 0 Å². The molecule has 0 spiro atoms. The largest absolute Gasteiger partial charge is 0.340 e. The summed E-state index contributed by atoms with van der Waals surface area (Å²) >= 11 is 0. The molecular weight excluding hydrogens is 540 g/mol. The number of pyridine rings is 2. The van der Waals surface area contributed by atoms with Crippen molar-refractivity contribution in [1.82, 2.24) is 9.13 Å². The fourth-order valence-corrected chi connectivity index (χ4v) is 7.05. The molecule has 4 nitrogen and oxygen atoms in total. The van der Waals surface area contributed by atoms with Gasteiger partial charge in [-0.05, 0) is 60.0 Å². The maximum absolute atomic E-state index is 14.3. The minimum atomic E-state index is 0.0496. The van der Waals surface area contributed by atoms with Gasteiger partial charge in [-0.2, -0.15) is 0 Å². The lowest BCUT2D eigenvalue weighted by molar-refractivity contribution is 0.569. The SMILES string of the molecule is CCCCCCCCn1c2ccccc2c(=O)c2cc3c(cc21)c(=O)c1cc2ccccc2cc1n3CCCCCCCC. The molecule has 6 rings (SSSR count). The van der Waals surface area contributed by atoms with Crippen molar-refractivity contribution in [2.45, 2.75) is 104 Å². The molecule has 2 aromatic heterocycles. The van der Waals surface area contributed by atoms with Gasteiger partial charge in [0.15, 0.2) is 10.9 Å². The number of benzene rings is 4. The van der Waals surface area contributed by atoms with Gasteiger partial charge < -0.3 is 9.13 Å². The Hall–Kier alpha value is -3.92. The summed E-state index contributed by atoms with van der Waals surface area (Å²) in [4.78, 5) is 28.3. The van der Waals surface area contributed by atoms with Crippen LogP contribution >= 0.6 is 0 Å². The normalized spacial score (nSPS) is 12.0. The molecule has 0 fully saturated rings. The van der Waals surface area contributed by atoms with E-state index in [1.54, 1.807) is 0 Å². The highest BCUT2D eigenvalue weighted by atomic mass is 16.1. The Balaban J connectivity index is 1.55. The van der Waals surface area contributed by atoms with Gasteiger partial charge in [0.2, 0.25) is 0 Å². The average molecular weight is 587 g/mol. The molecule has 0 unspecified atom stereocenters. The molecule has 0 radical (unpaired) electrons. The molecule has 0 saturated heterocycles. The van der Waals surface area contributed by atoms with Gasteiger partial charge in [-0.25, -0.2) is 0 Å². The van der Waals surface area contributed by atoms with Gasteiger partial charge in [0.05, 0.1) is 22.1 Å². The van der Waals surface area contributed by atoms with Crippen LogP contribution in [0.2, 0.25) is 0 Å². The lowest BCUT2D eigenvalue weighted by Crippen LogP contribution is -2.16. The first-order valence-electron chi connectivity index (χ1n) is 17.1. The minimum Gasteiger partial charge on any atom is -0.340 e. The van der Waals surface area contributed by atoms with Crippen LogP contribution in [-0.4, -0.2) is 9.13 Å². The summed E-state index contributed by atoms with van der Waals surface area (Å²) in [5.41, 5.74) is 3.76. The molecule has 0 aliphatic heterocycles. The van der Waals surface area contributed by atoms with Crippen molar-refractivity contribution in [3.8, 4) is 0 Å². The maximum Gasteiger partial charge on any atom is 0.197 e. The van der Waals surface area contributed by atoms with Crippen LogP contribution in [0.3, 0.4) is 0 Å². The molecule has 0 amide bonds. The van der Waals surface area contributed by atoms with Crippen LogP contribution in [0.1, 0.15) is 90.9 Å². The van der Waals surface area contributed by atoms with Crippen LogP contribution < -0.4 is 10.9 Å². The van der Waals surface area contributed by atoms with Crippen molar-refractivity contribution < 1.29 is 0 Å².